The summed E-state index contributed by atoms with van der Waals surface area (Å²) in [5.41, 5.74) is 0. The Hall–Kier alpha value is -0.510. The molecule has 1 saturated carbocycles. The molecule has 1 aliphatic heterocycles. The second kappa shape index (κ2) is 5.01. The van der Waals surface area contributed by atoms with E-state index in [9.17, 15) is 0 Å². The highest BCUT2D eigenvalue weighted by Crippen LogP contribution is 2.40. The van der Waals surface area contributed by atoms with Crippen molar-refractivity contribution in [1.29, 1.82) is 0 Å². The van der Waals surface area contributed by atoms with Crippen LogP contribution in [0.2, 0.25) is 5.22 Å². The fraction of sp³-hybridized carbons (Fsp3) is 0.692. The molecule has 0 radical (unpaired) electrons. The van der Waals surface area contributed by atoms with Gasteiger partial charge in [-0.3, -0.25) is 4.90 Å². The molecule has 1 aromatic rings. The van der Waals surface area contributed by atoms with Crippen LogP contribution in [0.4, 0.5) is 0 Å². The molecule has 1 aromatic heterocycles. The molecule has 4 heteroatoms. The molecule has 2 fully saturated rings. The van der Waals surface area contributed by atoms with Crippen molar-refractivity contribution in [1.82, 2.24) is 10.2 Å². The summed E-state index contributed by atoms with van der Waals surface area (Å²) in [6, 6.07) is 4.33. The van der Waals surface area contributed by atoms with Crippen LogP contribution >= 0.6 is 11.6 Å². The van der Waals surface area contributed by atoms with E-state index in [1.54, 1.807) is 0 Å². The standard InChI is InChI=1S/C13H19ClN2O/c14-13-4-3-12(17-13)11(9-10-1-2-10)16-7-5-15-6-8-16/h3-4,10-11,15H,1-2,5-9H2/t11-/m1/s1. The van der Waals surface area contributed by atoms with Gasteiger partial charge in [-0.1, -0.05) is 12.8 Å². The van der Waals surface area contributed by atoms with Crippen molar-refractivity contribution in [2.75, 3.05) is 26.2 Å². The first kappa shape index (κ1) is 11.6. The molecule has 17 heavy (non-hydrogen) atoms. The fourth-order valence-electron chi connectivity index (χ4n) is 2.62. The summed E-state index contributed by atoms with van der Waals surface area (Å²) in [4.78, 5) is 2.53. The summed E-state index contributed by atoms with van der Waals surface area (Å²) in [5.74, 6) is 1.95. The van der Waals surface area contributed by atoms with Crippen molar-refractivity contribution >= 4 is 11.6 Å². The van der Waals surface area contributed by atoms with E-state index in [0.29, 0.717) is 11.3 Å². The zero-order valence-electron chi connectivity index (χ0n) is 9.99. The zero-order chi connectivity index (χ0) is 11.7. The monoisotopic (exact) mass is 254 g/mol. The lowest BCUT2D eigenvalue weighted by Gasteiger charge is -2.33. The van der Waals surface area contributed by atoms with E-state index in [4.69, 9.17) is 16.0 Å². The highest BCUT2D eigenvalue weighted by molar-refractivity contribution is 6.28. The highest BCUT2D eigenvalue weighted by Gasteiger charge is 2.32. The Bertz CT molecular complexity index is 369. The minimum Gasteiger partial charge on any atom is -0.448 e. The summed E-state index contributed by atoms with van der Waals surface area (Å²) in [6.45, 7) is 4.37. The van der Waals surface area contributed by atoms with Gasteiger partial charge in [-0.15, -0.1) is 0 Å². The Kier molecular flexibility index (Phi) is 3.41. The van der Waals surface area contributed by atoms with Crippen molar-refractivity contribution in [2.45, 2.75) is 25.3 Å². The normalized spacial score (nSPS) is 23.8. The van der Waals surface area contributed by atoms with E-state index < -0.39 is 0 Å². The molecule has 0 aromatic carbocycles. The number of nitrogens with zero attached hydrogens (tertiary/aromatic N) is 1. The summed E-state index contributed by atoms with van der Waals surface area (Å²) in [5, 5.41) is 3.91. The maximum atomic E-state index is 5.90. The molecule has 1 atom stereocenters. The molecule has 3 nitrogen and oxygen atoms in total. The lowest BCUT2D eigenvalue weighted by Crippen LogP contribution is -2.45. The molecule has 1 saturated heterocycles. The number of hydrogen-bond donors (Lipinski definition) is 1. The summed E-state index contributed by atoms with van der Waals surface area (Å²) in [7, 11) is 0. The Morgan fingerprint density at radius 2 is 2.12 bits per heavy atom. The SMILES string of the molecule is Clc1ccc([C@@H](CC2CC2)N2CCNCC2)o1. The molecule has 0 amide bonds. The van der Waals surface area contributed by atoms with Gasteiger partial charge in [0.25, 0.3) is 0 Å². The smallest absolute Gasteiger partial charge is 0.193 e. The van der Waals surface area contributed by atoms with Gasteiger partial charge in [0.1, 0.15) is 5.76 Å². The topological polar surface area (TPSA) is 28.4 Å². The van der Waals surface area contributed by atoms with Gasteiger partial charge in [-0.25, -0.2) is 0 Å². The van der Waals surface area contributed by atoms with Crippen molar-refractivity contribution in [3.63, 3.8) is 0 Å². The first-order valence-corrected chi connectivity index (χ1v) is 6.91. The van der Waals surface area contributed by atoms with Gasteiger partial charge in [0.05, 0.1) is 6.04 Å². The molecule has 1 N–H and O–H groups in total. The lowest BCUT2D eigenvalue weighted by atomic mass is 10.1. The van der Waals surface area contributed by atoms with Crippen LogP contribution in [-0.2, 0) is 0 Å². The average molecular weight is 255 g/mol. The molecule has 0 unspecified atom stereocenters. The average Bonchev–Trinajstić information content (AvgIpc) is 3.08. The Morgan fingerprint density at radius 1 is 1.35 bits per heavy atom. The number of halogens is 1. The number of hydrogen-bond acceptors (Lipinski definition) is 3. The van der Waals surface area contributed by atoms with Gasteiger partial charge < -0.3 is 9.73 Å². The quantitative estimate of drug-likeness (QED) is 0.896. The minimum absolute atomic E-state index is 0.428. The van der Waals surface area contributed by atoms with Crippen LogP contribution in [0.1, 0.15) is 31.1 Å². The molecule has 2 heterocycles. The molecular weight excluding hydrogens is 236 g/mol. The van der Waals surface area contributed by atoms with Crippen molar-refractivity contribution in [3.05, 3.63) is 23.1 Å². The number of rotatable bonds is 4. The van der Waals surface area contributed by atoms with Crippen LogP contribution in [0.5, 0.6) is 0 Å². The number of piperazine rings is 1. The molecular formula is C13H19ClN2O. The van der Waals surface area contributed by atoms with E-state index in [-0.39, 0.29) is 0 Å². The maximum absolute atomic E-state index is 5.90. The van der Waals surface area contributed by atoms with Crippen molar-refractivity contribution in [3.8, 4) is 0 Å². The third-order valence-corrected chi connectivity index (χ3v) is 3.97. The van der Waals surface area contributed by atoms with E-state index in [1.165, 1.54) is 19.3 Å². The first-order chi connectivity index (χ1) is 8.33. The largest absolute Gasteiger partial charge is 0.448 e. The van der Waals surface area contributed by atoms with Crippen molar-refractivity contribution < 1.29 is 4.42 Å². The summed E-state index contributed by atoms with van der Waals surface area (Å²) >= 11 is 5.90. The van der Waals surface area contributed by atoms with Gasteiger partial charge in [0.2, 0.25) is 0 Å². The zero-order valence-corrected chi connectivity index (χ0v) is 10.7. The van der Waals surface area contributed by atoms with E-state index in [0.717, 1.165) is 37.9 Å². The summed E-state index contributed by atoms with van der Waals surface area (Å²) in [6.07, 6.45) is 4.00. The second-order valence-corrected chi connectivity index (χ2v) is 5.50. The van der Waals surface area contributed by atoms with Crippen LogP contribution < -0.4 is 5.32 Å². The predicted molar refractivity (Wildman–Crippen MR) is 68.2 cm³/mol. The van der Waals surface area contributed by atoms with Crippen LogP contribution in [0.15, 0.2) is 16.5 Å². The van der Waals surface area contributed by atoms with E-state index in [1.807, 2.05) is 12.1 Å². The first-order valence-electron chi connectivity index (χ1n) is 6.53. The Morgan fingerprint density at radius 3 is 2.71 bits per heavy atom. The summed E-state index contributed by atoms with van der Waals surface area (Å²) < 4.78 is 5.63. The molecule has 2 aliphatic rings. The molecule has 1 aliphatic carbocycles. The third-order valence-electron chi connectivity index (χ3n) is 3.77. The predicted octanol–water partition coefficient (Wildman–Crippen LogP) is 2.68. The Balaban J connectivity index is 1.74. The molecule has 0 spiro atoms. The maximum Gasteiger partial charge on any atom is 0.193 e. The van der Waals surface area contributed by atoms with Gasteiger partial charge in [-0.2, -0.15) is 0 Å². The van der Waals surface area contributed by atoms with Crippen LogP contribution in [-0.4, -0.2) is 31.1 Å². The second-order valence-electron chi connectivity index (χ2n) is 5.12. The third kappa shape index (κ3) is 2.84. The van der Waals surface area contributed by atoms with E-state index >= 15 is 0 Å². The molecule has 94 valence electrons. The van der Waals surface area contributed by atoms with Gasteiger partial charge in [-0.05, 0) is 36.1 Å². The van der Waals surface area contributed by atoms with Crippen LogP contribution in [0.25, 0.3) is 0 Å². The lowest BCUT2D eigenvalue weighted by molar-refractivity contribution is 0.142. The fourth-order valence-corrected chi connectivity index (χ4v) is 2.77. The highest BCUT2D eigenvalue weighted by atomic mass is 35.5. The van der Waals surface area contributed by atoms with Gasteiger partial charge in [0.15, 0.2) is 5.22 Å². The van der Waals surface area contributed by atoms with Gasteiger partial charge in [0, 0.05) is 26.2 Å². The number of nitrogens with one attached hydrogen (secondary N) is 1. The Labute approximate surface area is 107 Å². The molecule has 3 rings (SSSR count). The molecule has 0 bridgehead atoms. The van der Waals surface area contributed by atoms with Crippen LogP contribution in [0, 0.1) is 5.92 Å². The van der Waals surface area contributed by atoms with Crippen molar-refractivity contribution in [2.24, 2.45) is 5.92 Å². The minimum atomic E-state index is 0.428. The van der Waals surface area contributed by atoms with Gasteiger partial charge >= 0.3 is 0 Å². The number of furan rings is 1. The van der Waals surface area contributed by atoms with Crippen LogP contribution in [0.3, 0.4) is 0 Å². The van der Waals surface area contributed by atoms with E-state index in [2.05, 4.69) is 10.2 Å².